The molecule has 5 heterocycles. The van der Waals surface area contributed by atoms with Crippen LogP contribution in [0.2, 0.25) is 0 Å². The van der Waals surface area contributed by atoms with E-state index in [1.54, 1.807) is 4.90 Å². The van der Waals surface area contributed by atoms with Crippen LogP contribution in [0, 0.1) is 17.8 Å². The van der Waals surface area contributed by atoms with Crippen molar-refractivity contribution in [3.05, 3.63) is 124 Å². The van der Waals surface area contributed by atoms with Gasteiger partial charge in [0, 0.05) is 81.6 Å². The summed E-state index contributed by atoms with van der Waals surface area (Å²) >= 11 is 0. The minimum atomic E-state index is -0.580. The number of aryl methyl sites for hydroxylation is 1. The molecule has 3 amide bonds. The van der Waals surface area contributed by atoms with Crippen LogP contribution in [0.3, 0.4) is 0 Å². The highest BCUT2D eigenvalue weighted by Gasteiger charge is 2.43. The molecule has 4 saturated heterocycles. The van der Waals surface area contributed by atoms with Gasteiger partial charge in [-0.15, -0.1) is 0 Å². The first kappa shape index (κ1) is 35.3. The Morgan fingerprint density at radius 1 is 0.679 bits per heavy atom. The van der Waals surface area contributed by atoms with Crippen LogP contribution in [0.15, 0.2) is 91.0 Å². The lowest BCUT2D eigenvalue weighted by Gasteiger charge is -2.37. The predicted molar refractivity (Wildman–Crippen MR) is 217 cm³/mol. The fourth-order valence-corrected chi connectivity index (χ4v) is 11.1. The number of hydrogen-bond acceptors (Lipinski definition) is 7. The van der Waals surface area contributed by atoms with Crippen molar-refractivity contribution in [2.75, 3.05) is 55.6 Å². The Hall–Kier alpha value is -5.15. The highest BCUT2D eigenvalue weighted by molar-refractivity contribution is 6.05. The van der Waals surface area contributed by atoms with Gasteiger partial charge in [-0.25, -0.2) is 0 Å². The smallest absolute Gasteiger partial charge is 0.255 e. The van der Waals surface area contributed by atoms with Gasteiger partial charge in [-0.1, -0.05) is 48.5 Å². The molecule has 0 saturated carbocycles. The number of hydrogen-bond donors (Lipinski definition) is 2. The third kappa shape index (κ3) is 6.53. The van der Waals surface area contributed by atoms with Crippen molar-refractivity contribution in [2.24, 2.45) is 17.8 Å². The number of nitrogens with zero attached hydrogens (tertiary/aromatic N) is 4. The minimum absolute atomic E-state index is 0.111. The summed E-state index contributed by atoms with van der Waals surface area (Å²) in [7, 11) is 0. The lowest BCUT2D eigenvalue weighted by atomic mass is 9.69. The SMILES string of the molecule is O=C1CCC(N2Cc3cc(N4CC5CN(CC6CCN(c7ccc([C@@H]8c9ccc(O)cc9CC[C@@H]8c8ccccc8)cc7)CC6)CC5C4)ccc3C2=O)C(=O)N1. The van der Waals surface area contributed by atoms with Gasteiger partial charge in [0.15, 0.2) is 0 Å². The number of nitrogens with one attached hydrogen (secondary N) is 1. The molecular formula is C47H51N5O4. The average molecular weight is 750 g/mol. The number of benzene rings is 4. The zero-order valence-corrected chi connectivity index (χ0v) is 32.0. The molecule has 288 valence electrons. The van der Waals surface area contributed by atoms with Crippen molar-refractivity contribution in [1.82, 2.24) is 15.1 Å². The van der Waals surface area contributed by atoms with E-state index in [0.29, 0.717) is 42.0 Å². The van der Waals surface area contributed by atoms with E-state index in [1.165, 1.54) is 53.0 Å². The maximum atomic E-state index is 13.2. The van der Waals surface area contributed by atoms with Gasteiger partial charge in [-0.05, 0) is 126 Å². The van der Waals surface area contributed by atoms with Gasteiger partial charge < -0.3 is 24.7 Å². The van der Waals surface area contributed by atoms with E-state index in [0.717, 1.165) is 63.6 Å². The summed E-state index contributed by atoms with van der Waals surface area (Å²) < 4.78 is 0. The zero-order valence-electron chi connectivity index (χ0n) is 32.0. The zero-order chi connectivity index (χ0) is 37.9. The van der Waals surface area contributed by atoms with E-state index in [9.17, 15) is 19.5 Å². The molecule has 0 radical (unpaired) electrons. The van der Waals surface area contributed by atoms with Gasteiger partial charge in [-0.3, -0.25) is 19.7 Å². The second-order valence-electron chi connectivity index (χ2n) is 17.3. The first-order valence-electron chi connectivity index (χ1n) is 20.8. The molecule has 3 unspecified atom stereocenters. The molecule has 56 heavy (non-hydrogen) atoms. The third-order valence-corrected chi connectivity index (χ3v) is 14.0. The highest BCUT2D eigenvalue weighted by Crippen LogP contribution is 2.47. The summed E-state index contributed by atoms with van der Waals surface area (Å²) in [5.74, 6) is 2.34. The van der Waals surface area contributed by atoms with Crippen molar-refractivity contribution >= 4 is 29.1 Å². The number of piperidine rings is 2. The maximum Gasteiger partial charge on any atom is 0.255 e. The van der Waals surface area contributed by atoms with E-state index in [1.807, 2.05) is 18.2 Å². The lowest BCUT2D eigenvalue weighted by Crippen LogP contribution is -2.52. The number of fused-ring (bicyclic) bond motifs is 3. The Morgan fingerprint density at radius 3 is 2.18 bits per heavy atom. The molecule has 9 nitrogen and oxygen atoms in total. The second-order valence-corrected chi connectivity index (χ2v) is 17.3. The molecule has 0 spiro atoms. The van der Waals surface area contributed by atoms with Crippen LogP contribution in [0.4, 0.5) is 11.4 Å². The molecule has 4 aromatic rings. The van der Waals surface area contributed by atoms with Crippen molar-refractivity contribution in [3.8, 4) is 5.75 Å². The Bertz CT molecular complexity index is 2130. The number of aromatic hydroxyl groups is 1. The number of phenolic OH excluding ortho intramolecular Hbond substituents is 1. The van der Waals surface area contributed by atoms with Gasteiger partial charge in [0.05, 0.1) is 0 Å². The Labute approximate surface area is 329 Å². The molecule has 0 bridgehead atoms. The number of rotatable bonds is 7. The Morgan fingerprint density at radius 2 is 1.43 bits per heavy atom. The van der Waals surface area contributed by atoms with Crippen LogP contribution < -0.4 is 15.1 Å². The van der Waals surface area contributed by atoms with Crippen molar-refractivity contribution < 1.29 is 19.5 Å². The van der Waals surface area contributed by atoms with E-state index < -0.39 is 6.04 Å². The second kappa shape index (κ2) is 14.4. The molecule has 10 rings (SSSR count). The molecule has 1 aliphatic carbocycles. The quantitative estimate of drug-likeness (QED) is 0.214. The fraction of sp³-hybridized carbons (Fsp3) is 0.426. The van der Waals surface area contributed by atoms with Crippen molar-refractivity contribution in [3.63, 3.8) is 0 Å². The summed E-state index contributed by atoms with van der Waals surface area (Å²) in [6.45, 7) is 8.20. The summed E-state index contributed by atoms with van der Waals surface area (Å²) in [4.78, 5) is 46.8. The molecule has 6 aliphatic rings. The first-order valence-corrected chi connectivity index (χ1v) is 20.8. The molecule has 2 N–H and O–H groups in total. The van der Waals surface area contributed by atoms with Crippen LogP contribution in [-0.4, -0.2) is 84.5 Å². The van der Waals surface area contributed by atoms with Gasteiger partial charge in [0.25, 0.3) is 5.91 Å². The third-order valence-electron chi connectivity index (χ3n) is 14.0. The molecule has 4 fully saturated rings. The van der Waals surface area contributed by atoms with E-state index >= 15 is 0 Å². The van der Waals surface area contributed by atoms with Gasteiger partial charge in [-0.2, -0.15) is 0 Å². The summed E-state index contributed by atoms with van der Waals surface area (Å²) in [5.41, 5.74) is 9.50. The largest absolute Gasteiger partial charge is 0.508 e. The van der Waals surface area contributed by atoms with Crippen LogP contribution >= 0.6 is 0 Å². The number of amides is 3. The van der Waals surface area contributed by atoms with Crippen LogP contribution in [0.5, 0.6) is 5.75 Å². The minimum Gasteiger partial charge on any atom is -0.508 e. The predicted octanol–water partition coefficient (Wildman–Crippen LogP) is 6.30. The van der Waals surface area contributed by atoms with Gasteiger partial charge >= 0.3 is 0 Å². The summed E-state index contributed by atoms with van der Waals surface area (Å²) in [5, 5.41) is 12.6. The number of carbonyl (C=O) groups excluding carboxylic acids is 3. The van der Waals surface area contributed by atoms with E-state index in [4.69, 9.17) is 0 Å². The van der Waals surface area contributed by atoms with Crippen LogP contribution in [0.1, 0.15) is 82.1 Å². The molecule has 0 aromatic heterocycles. The number of carbonyl (C=O) groups is 3. The number of likely N-dealkylation sites (tertiary alicyclic amines) is 1. The fourth-order valence-electron chi connectivity index (χ4n) is 11.1. The summed E-state index contributed by atoms with van der Waals surface area (Å²) in [6, 6.07) is 31.9. The van der Waals surface area contributed by atoms with Crippen LogP contribution in [-0.2, 0) is 22.6 Å². The molecule has 9 heteroatoms. The van der Waals surface area contributed by atoms with Crippen LogP contribution in [0.25, 0.3) is 0 Å². The first-order chi connectivity index (χ1) is 27.3. The highest BCUT2D eigenvalue weighted by atomic mass is 16.3. The molecule has 5 atom stereocenters. The number of phenols is 1. The lowest BCUT2D eigenvalue weighted by molar-refractivity contribution is -0.136. The normalized spacial score (nSPS) is 26.7. The average Bonchev–Trinajstić information content (AvgIpc) is 3.89. The Kier molecular flexibility index (Phi) is 9.08. The molecule has 5 aliphatic heterocycles. The monoisotopic (exact) mass is 749 g/mol. The van der Waals surface area contributed by atoms with Gasteiger partial charge in [0.2, 0.25) is 11.8 Å². The van der Waals surface area contributed by atoms with E-state index in [-0.39, 0.29) is 30.1 Å². The van der Waals surface area contributed by atoms with Crippen molar-refractivity contribution in [1.29, 1.82) is 0 Å². The van der Waals surface area contributed by atoms with E-state index in [2.05, 4.69) is 92.8 Å². The molecular weight excluding hydrogens is 699 g/mol. The topological polar surface area (TPSA) is 96.4 Å². The standard InChI is InChI=1S/C47H51N5O4/c53-39-12-15-41-33(23-39)8-13-40(31-4-2-1-3-5-31)45(41)32-6-9-37(10-7-32)50-20-18-30(19-21-50)24-49-25-35-27-51(28-36(35)26-49)38-11-14-42-34(22-38)29-52(47(42)56)43-16-17-44(54)48-46(43)55/h1-7,9-12,14-15,22-23,30,35-36,40,43,45,53H,8,13,16-21,24-29H2,(H,48,54,55)/t35?,36?,40-,43?,45+/m1/s1. The number of imide groups is 1. The molecule has 4 aromatic carbocycles. The van der Waals surface area contributed by atoms with Gasteiger partial charge in [0.1, 0.15) is 11.8 Å². The Balaban J connectivity index is 0.726. The van der Waals surface area contributed by atoms with Crippen molar-refractivity contribution in [2.45, 2.75) is 62.9 Å². The number of anilines is 2. The summed E-state index contributed by atoms with van der Waals surface area (Å²) in [6.07, 6.45) is 5.16. The maximum absolute atomic E-state index is 13.2.